The van der Waals surface area contributed by atoms with Gasteiger partial charge in [0, 0.05) is 6.42 Å². The van der Waals surface area contributed by atoms with Crippen LogP contribution in [0.5, 0.6) is 0 Å². The smallest absolute Gasteiger partial charge is 0.305 e. The maximum Gasteiger partial charge on any atom is 0.305 e. The first-order chi connectivity index (χ1) is 10.7. The van der Waals surface area contributed by atoms with Gasteiger partial charge in [0.15, 0.2) is 0 Å². The molecule has 0 aliphatic carbocycles. The minimum Gasteiger partial charge on any atom is -0.466 e. The minimum atomic E-state index is 0.00480. The van der Waals surface area contributed by atoms with Crippen LogP contribution in [0.15, 0.2) is 0 Å². The van der Waals surface area contributed by atoms with Gasteiger partial charge in [-0.05, 0) is 18.8 Å². The number of unbranched alkanes of at least 4 members (excludes halogenated alkanes) is 10. The summed E-state index contributed by atoms with van der Waals surface area (Å²) >= 11 is 0. The van der Waals surface area contributed by atoms with Gasteiger partial charge in [0.05, 0.1) is 6.61 Å². The fourth-order valence-corrected chi connectivity index (χ4v) is 2.67. The third-order valence-electron chi connectivity index (χ3n) is 4.17. The van der Waals surface area contributed by atoms with Crippen molar-refractivity contribution >= 4 is 5.97 Å². The van der Waals surface area contributed by atoms with Gasteiger partial charge < -0.3 is 4.74 Å². The summed E-state index contributed by atoms with van der Waals surface area (Å²) in [5, 5.41) is 0. The normalized spacial score (nSPS) is 11.1. The van der Waals surface area contributed by atoms with Crippen LogP contribution in [-0.4, -0.2) is 12.6 Å². The van der Waals surface area contributed by atoms with E-state index in [-0.39, 0.29) is 5.97 Å². The highest BCUT2D eigenvalue weighted by Crippen LogP contribution is 2.12. The van der Waals surface area contributed by atoms with E-state index in [0.717, 1.165) is 18.8 Å². The van der Waals surface area contributed by atoms with Crippen LogP contribution < -0.4 is 0 Å². The quantitative estimate of drug-likeness (QED) is 0.235. The summed E-state index contributed by atoms with van der Waals surface area (Å²) in [6.45, 7) is 7.43. The van der Waals surface area contributed by atoms with E-state index in [4.69, 9.17) is 4.74 Å². The van der Waals surface area contributed by atoms with Crippen molar-refractivity contribution in [2.45, 2.75) is 111 Å². The third-order valence-corrected chi connectivity index (χ3v) is 4.17. The summed E-state index contributed by atoms with van der Waals surface area (Å²) in [7, 11) is 0. The molecule has 0 unspecified atom stereocenters. The highest BCUT2D eigenvalue weighted by Gasteiger charge is 2.02. The molecule has 132 valence electrons. The van der Waals surface area contributed by atoms with Crippen molar-refractivity contribution in [3.05, 3.63) is 0 Å². The molecule has 0 bridgehead atoms. The molecule has 2 nitrogen and oxygen atoms in total. The van der Waals surface area contributed by atoms with Gasteiger partial charge in [0.1, 0.15) is 0 Å². The molecule has 0 spiro atoms. The van der Waals surface area contributed by atoms with Crippen LogP contribution in [0.3, 0.4) is 0 Å². The first-order valence-electron chi connectivity index (χ1n) is 9.82. The standard InChI is InChI=1S/C20H40O2/c1-4-5-6-10-14-17-20(21)22-18-15-12-9-7-8-11-13-16-19(2)3/h19H,4-18H2,1-3H3. The van der Waals surface area contributed by atoms with Gasteiger partial charge >= 0.3 is 5.97 Å². The van der Waals surface area contributed by atoms with E-state index in [0.29, 0.717) is 13.0 Å². The van der Waals surface area contributed by atoms with Crippen LogP contribution in [0.25, 0.3) is 0 Å². The Morgan fingerprint density at radius 2 is 1.32 bits per heavy atom. The molecule has 0 aliphatic rings. The molecule has 0 N–H and O–H groups in total. The zero-order valence-electron chi connectivity index (χ0n) is 15.5. The summed E-state index contributed by atoms with van der Waals surface area (Å²) in [5.74, 6) is 0.853. The largest absolute Gasteiger partial charge is 0.466 e. The van der Waals surface area contributed by atoms with Crippen LogP contribution in [-0.2, 0) is 9.53 Å². The minimum absolute atomic E-state index is 0.00480. The van der Waals surface area contributed by atoms with Gasteiger partial charge in [0.2, 0.25) is 0 Å². The molecule has 0 atom stereocenters. The molecule has 2 heteroatoms. The number of carbonyl (C=O) groups excluding carboxylic acids is 1. The van der Waals surface area contributed by atoms with Crippen molar-refractivity contribution in [3.63, 3.8) is 0 Å². The predicted molar refractivity (Wildman–Crippen MR) is 96.1 cm³/mol. The molecule has 0 heterocycles. The van der Waals surface area contributed by atoms with Crippen LogP contribution in [0.2, 0.25) is 0 Å². The molecule has 0 amide bonds. The lowest BCUT2D eigenvalue weighted by Crippen LogP contribution is -2.05. The molecule has 0 aromatic carbocycles. The lowest BCUT2D eigenvalue weighted by atomic mass is 10.0. The molecule has 0 rings (SSSR count). The number of esters is 1. The predicted octanol–water partition coefficient (Wildman–Crippen LogP) is 6.67. The molecule has 0 saturated carbocycles. The Kier molecular flexibility index (Phi) is 16.4. The third kappa shape index (κ3) is 17.5. The fourth-order valence-electron chi connectivity index (χ4n) is 2.67. The van der Waals surface area contributed by atoms with Crippen molar-refractivity contribution in [3.8, 4) is 0 Å². The first kappa shape index (κ1) is 21.5. The molecule has 0 aliphatic heterocycles. The van der Waals surface area contributed by atoms with Crippen molar-refractivity contribution in [1.82, 2.24) is 0 Å². The summed E-state index contributed by atoms with van der Waals surface area (Å²) in [4.78, 5) is 11.5. The monoisotopic (exact) mass is 312 g/mol. The van der Waals surface area contributed by atoms with Gasteiger partial charge in [0.25, 0.3) is 0 Å². The van der Waals surface area contributed by atoms with E-state index in [9.17, 15) is 4.79 Å². The molecule has 0 aromatic rings. The number of rotatable bonds is 16. The zero-order chi connectivity index (χ0) is 16.5. The molecule has 22 heavy (non-hydrogen) atoms. The Morgan fingerprint density at radius 1 is 0.773 bits per heavy atom. The van der Waals surface area contributed by atoms with Crippen LogP contribution in [0.4, 0.5) is 0 Å². The van der Waals surface area contributed by atoms with Gasteiger partial charge in [-0.25, -0.2) is 0 Å². The van der Waals surface area contributed by atoms with E-state index < -0.39 is 0 Å². The summed E-state index contributed by atoms with van der Waals surface area (Å²) in [6, 6.07) is 0. The Hall–Kier alpha value is -0.530. The average molecular weight is 313 g/mol. The first-order valence-corrected chi connectivity index (χ1v) is 9.82. The van der Waals surface area contributed by atoms with Gasteiger partial charge in [-0.15, -0.1) is 0 Å². The second kappa shape index (κ2) is 16.8. The molecular weight excluding hydrogens is 272 g/mol. The fraction of sp³-hybridized carbons (Fsp3) is 0.950. The zero-order valence-corrected chi connectivity index (χ0v) is 15.5. The van der Waals surface area contributed by atoms with E-state index in [2.05, 4.69) is 20.8 Å². The van der Waals surface area contributed by atoms with Crippen LogP contribution in [0.1, 0.15) is 111 Å². The number of ether oxygens (including phenoxy) is 1. The molecule has 0 aromatic heterocycles. The second-order valence-electron chi connectivity index (χ2n) is 7.04. The van der Waals surface area contributed by atoms with Crippen molar-refractivity contribution < 1.29 is 9.53 Å². The van der Waals surface area contributed by atoms with E-state index >= 15 is 0 Å². The maximum atomic E-state index is 11.5. The van der Waals surface area contributed by atoms with Gasteiger partial charge in [-0.1, -0.05) is 91.4 Å². The number of hydrogen-bond donors (Lipinski definition) is 0. The highest BCUT2D eigenvalue weighted by atomic mass is 16.5. The van der Waals surface area contributed by atoms with E-state index in [1.165, 1.54) is 70.6 Å². The maximum absolute atomic E-state index is 11.5. The molecule has 0 radical (unpaired) electrons. The van der Waals surface area contributed by atoms with E-state index in [1.807, 2.05) is 0 Å². The Morgan fingerprint density at radius 3 is 1.95 bits per heavy atom. The van der Waals surface area contributed by atoms with Gasteiger partial charge in [-0.3, -0.25) is 4.79 Å². The lowest BCUT2D eigenvalue weighted by Gasteiger charge is -2.06. The Bertz CT molecular complexity index is 236. The number of hydrogen-bond acceptors (Lipinski definition) is 2. The van der Waals surface area contributed by atoms with Crippen molar-refractivity contribution in [2.75, 3.05) is 6.61 Å². The van der Waals surface area contributed by atoms with E-state index in [1.54, 1.807) is 0 Å². The SMILES string of the molecule is CCCCCCCC(=O)OCCCCCCCCCC(C)C. The molecular formula is C20H40O2. The van der Waals surface area contributed by atoms with Gasteiger partial charge in [-0.2, -0.15) is 0 Å². The summed E-state index contributed by atoms with van der Waals surface area (Å²) < 4.78 is 5.28. The molecule has 0 fully saturated rings. The van der Waals surface area contributed by atoms with Crippen LogP contribution >= 0.6 is 0 Å². The second-order valence-corrected chi connectivity index (χ2v) is 7.04. The Labute approximate surface area is 139 Å². The topological polar surface area (TPSA) is 26.3 Å². The lowest BCUT2D eigenvalue weighted by molar-refractivity contribution is -0.143. The highest BCUT2D eigenvalue weighted by molar-refractivity contribution is 5.69. The molecule has 0 saturated heterocycles. The summed E-state index contributed by atoms with van der Waals surface area (Å²) in [5.41, 5.74) is 0. The van der Waals surface area contributed by atoms with Crippen LogP contribution in [0, 0.1) is 5.92 Å². The van der Waals surface area contributed by atoms with Crippen molar-refractivity contribution in [2.24, 2.45) is 5.92 Å². The summed E-state index contributed by atoms with van der Waals surface area (Å²) in [6.07, 6.45) is 16.9. The Balaban J connectivity index is 3.13. The average Bonchev–Trinajstić information content (AvgIpc) is 2.48. The number of carbonyl (C=O) groups is 1. The van der Waals surface area contributed by atoms with Crippen molar-refractivity contribution in [1.29, 1.82) is 0 Å².